The van der Waals surface area contributed by atoms with E-state index in [4.69, 9.17) is 9.26 Å². The normalized spacial score (nSPS) is 55.1. The number of fused-ring (bicyclic) bond motifs is 5. The van der Waals surface area contributed by atoms with E-state index in [0.717, 1.165) is 31.8 Å². The van der Waals surface area contributed by atoms with Crippen molar-refractivity contribution in [2.75, 3.05) is 6.61 Å². The second-order valence-electron chi connectivity index (χ2n) is 16.2. The molecule has 0 amide bonds. The standard InChI is InChI=1S/C30H51O5P/c1-25(2)14-16-30-17-15-28(6)19(23(30)24(25)34-18-30)8-9-21-27(5)12-11-22(35-36(31,32)33)26(3,4)20(27)10-13-29(21,28)7/h19-24H,8-18H2,1-7H3,(H2,31,32,33)/t19?,20?,21?,22?,23?,24?,27-,28-,29+,30?/m0/s1. The molecule has 0 radical (unpaired) electrons. The van der Waals surface area contributed by atoms with E-state index in [2.05, 4.69) is 48.5 Å². The lowest BCUT2D eigenvalue weighted by Crippen LogP contribution is -2.67. The smallest absolute Gasteiger partial charge is 0.377 e. The van der Waals surface area contributed by atoms with Crippen LogP contribution in [0.4, 0.5) is 0 Å². The number of phosphoric ester groups is 1. The maximum Gasteiger partial charge on any atom is 0.469 e. The van der Waals surface area contributed by atoms with Crippen LogP contribution < -0.4 is 0 Å². The molecule has 10 atom stereocenters. The molecule has 1 saturated heterocycles. The Bertz CT molecular complexity index is 972. The first-order valence-corrected chi connectivity index (χ1v) is 16.4. The summed E-state index contributed by atoms with van der Waals surface area (Å²) in [6.45, 7) is 18.2. The molecule has 6 fully saturated rings. The molecule has 2 bridgehead atoms. The van der Waals surface area contributed by atoms with E-state index in [1.807, 2.05) is 0 Å². The van der Waals surface area contributed by atoms with Crippen molar-refractivity contribution in [3.8, 4) is 0 Å². The lowest BCUT2D eigenvalue weighted by molar-refractivity contribution is -0.251. The average Bonchev–Trinajstić information content (AvgIpc) is 3.09. The van der Waals surface area contributed by atoms with Crippen LogP contribution in [0.15, 0.2) is 0 Å². The van der Waals surface area contributed by atoms with Crippen LogP contribution in [0.2, 0.25) is 0 Å². The summed E-state index contributed by atoms with van der Waals surface area (Å²) in [5.74, 6) is 2.55. The van der Waals surface area contributed by atoms with E-state index in [1.54, 1.807) is 0 Å². The first-order valence-electron chi connectivity index (χ1n) is 14.9. The van der Waals surface area contributed by atoms with Crippen molar-refractivity contribution in [2.45, 2.75) is 125 Å². The van der Waals surface area contributed by atoms with Crippen LogP contribution in [0.25, 0.3) is 0 Å². The van der Waals surface area contributed by atoms with Crippen molar-refractivity contribution in [3.05, 3.63) is 0 Å². The van der Waals surface area contributed by atoms with Crippen molar-refractivity contribution in [2.24, 2.45) is 56.2 Å². The van der Waals surface area contributed by atoms with Crippen molar-refractivity contribution in [1.29, 1.82) is 0 Å². The molecule has 6 heteroatoms. The van der Waals surface area contributed by atoms with Crippen molar-refractivity contribution >= 4 is 7.82 Å². The number of phosphoric acid groups is 1. The fourth-order valence-electron chi connectivity index (χ4n) is 12.3. The Kier molecular flexibility index (Phi) is 5.57. The van der Waals surface area contributed by atoms with Gasteiger partial charge in [0.2, 0.25) is 0 Å². The highest BCUT2D eigenvalue weighted by Crippen LogP contribution is 2.78. The van der Waals surface area contributed by atoms with Gasteiger partial charge in [0.1, 0.15) is 0 Å². The molecule has 1 aliphatic heterocycles. The van der Waals surface area contributed by atoms with Crippen LogP contribution in [0.1, 0.15) is 113 Å². The molecule has 0 aromatic heterocycles. The first-order chi connectivity index (χ1) is 16.5. The first kappa shape index (κ1) is 26.3. The summed E-state index contributed by atoms with van der Waals surface area (Å²) in [5.41, 5.74) is 1.29. The number of rotatable bonds is 2. The summed E-state index contributed by atoms with van der Waals surface area (Å²) in [7, 11) is -4.50. The minimum Gasteiger partial charge on any atom is -0.377 e. The second-order valence-corrected chi connectivity index (χ2v) is 17.4. The molecule has 1 heterocycles. The van der Waals surface area contributed by atoms with Gasteiger partial charge in [-0.3, -0.25) is 4.52 Å². The Balaban J connectivity index is 1.34. The summed E-state index contributed by atoms with van der Waals surface area (Å²) in [5, 5.41) is 0. The fraction of sp³-hybridized carbons (Fsp3) is 1.00. The molecule has 206 valence electrons. The second kappa shape index (κ2) is 7.62. The monoisotopic (exact) mass is 522 g/mol. The molecule has 6 rings (SSSR count). The van der Waals surface area contributed by atoms with Gasteiger partial charge < -0.3 is 14.5 Å². The van der Waals surface area contributed by atoms with Crippen LogP contribution in [-0.4, -0.2) is 28.6 Å². The minimum absolute atomic E-state index is 0.190. The Morgan fingerprint density at radius 2 is 1.47 bits per heavy atom. The lowest BCUT2D eigenvalue weighted by atomic mass is 9.31. The predicted molar refractivity (Wildman–Crippen MR) is 141 cm³/mol. The highest BCUT2D eigenvalue weighted by Gasteiger charge is 2.72. The van der Waals surface area contributed by atoms with Gasteiger partial charge in [0.25, 0.3) is 0 Å². The third-order valence-electron chi connectivity index (χ3n) is 14.3. The Morgan fingerprint density at radius 3 is 2.17 bits per heavy atom. The predicted octanol–water partition coefficient (Wildman–Crippen LogP) is 7.35. The van der Waals surface area contributed by atoms with Crippen molar-refractivity contribution < 1.29 is 23.6 Å². The molecule has 0 aromatic carbocycles. The quantitative estimate of drug-likeness (QED) is 0.371. The largest absolute Gasteiger partial charge is 0.469 e. The molecule has 36 heavy (non-hydrogen) atoms. The minimum atomic E-state index is -4.50. The fourth-order valence-corrected chi connectivity index (χ4v) is 13.0. The molecule has 5 aliphatic carbocycles. The molecule has 2 N–H and O–H groups in total. The van der Waals surface area contributed by atoms with E-state index in [9.17, 15) is 14.4 Å². The Labute approximate surface area is 219 Å². The Hall–Kier alpha value is 0.0700. The van der Waals surface area contributed by atoms with Gasteiger partial charge in [-0.15, -0.1) is 0 Å². The zero-order chi connectivity index (χ0) is 26.2. The van der Waals surface area contributed by atoms with Crippen LogP contribution >= 0.6 is 7.82 Å². The molecular weight excluding hydrogens is 471 g/mol. The molecule has 7 unspecified atom stereocenters. The third-order valence-corrected chi connectivity index (χ3v) is 14.9. The highest BCUT2D eigenvalue weighted by molar-refractivity contribution is 7.46. The van der Waals surface area contributed by atoms with Gasteiger partial charge in [-0.1, -0.05) is 48.5 Å². The van der Waals surface area contributed by atoms with E-state index < -0.39 is 7.82 Å². The van der Waals surface area contributed by atoms with E-state index >= 15 is 0 Å². The molecule has 5 nitrogen and oxygen atoms in total. The van der Waals surface area contributed by atoms with Gasteiger partial charge >= 0.3 is 7.82 Å². The topological polar surface area (TPSA) is 76.0 Å². The zero-order valence-electron chi connectivity index (χ0n) is 23.8. The zero-order valence-corrected chi connectivity index (χ0v) is 24.7. The molecule has 0 spiro atoms. The molecule has 6 aliphatic rings. The van der Waals surface area contributed by atoms with E-state index in [1.165, 1.54) is 44.9 Å². The van der Waals surface area contributed by atoms with Crippen molar-refractivity contribution in [1.82, 2.24) is 0 Å². The average molecular weight is 523 g/mol. The molecule has 0 aromatic rings. The third kappa shape index (κ3) is 3.25. The summed E-state index contributed by atoms with van der Waals surface area (Å²) in [6, 6.07) is 0. The summed E-state index contributed by atoms with van der Waals surface area (Å²) >= 11 is 0. The number of hydrogen-bond acceptors (Lipinski definition) is 3. The maximum absolute atomic E-state index is 11.8. The number of ether oxygens (including phenoxy) is 1. The number of hydrogen-bond donors (Lipinski definition) is 2. The maximum atomic E-state index is 11.8. The molecule has 5 saturated carbocycles. The summed E-state index contributed by atoms with van der Waals surface area (Å²) in [6.07, 6.45) is 12.1. The van der Waals surface area contributed by atoms with Gasteiger partial charge in [-0.05, 0) is 120 Å². The SMILES string of the molecule is CC1(C)CCC23CC[C@@]4(C)C(CCC5[C@@]6(C)CCC(OP(=O)(O)O)C(C)(C)C6CC[C@]54C)C2C1OC3. The van der Waals surface area contributed by atoms with Gasteiger partial charge in [-0.25, -0.2) is 4.57 Å². The highest BCUT2D eigenvalue weighted by atomic mass is 31.2. The lowest BCUT2D eigenvalue weighted by Gasteiger charge is -2.73. The van der Waals surface area contributed by atoms with Gasteiger partial charge in [0, 0.05) is 0 Å². The van der Waals surface area contributed by atoms with Crippen LogP contribution in [0.3, 0.4) is 0 Å². The Morgan fingerprint density at radius 1 is 0.778 bits per heavy atom. The van der Waals surface area contributed by atoms with Gasteiger partial charge in [-0.2, -0.15) is 0 Å². The van der Waals surface area contributed by atoms with E-state index in [0.29, 0.717) is 40.1 Å². The van der Waals surface area contributed by atoms with Crippen LogP contribution in [0.5, 0.6) is 0 Å². The van der Waals surface area contributed by atoms with Gasteiger partial charge in [0.15, 0.2) is 0 Å². The van der Waals surface area contributed by atoms with E-state index in [-0.39, 0.29) is 22.3 Å². The van der Waals surface area contributed by atoms with Crippen LogP contribution in [0, 0.1) is 56.2 Å². The summed E-state index contributed by atoms with van der Waals surface area (Å²) in [4.78, 5) is 19.2. The summed E-state index contributed by atoms with van der Waals surface area (Å²) < 4.78 is 23.9. The molecular formula is C30H51O5P. The van der Waals surface area contributed by atoms with Gasteiger partial charge in [0.05, 0.1) is 18.8 Å². The van der Waals surface area contributed by atoms with Crippen molar-refractivity contribution in [3.63, 3.8) is 0 Å². The van der Waals surface area contributed by atoms with Crippen LogP contribution in [-0.2, 0) is 13.8 Å².